The van der Waals surface area contributed by atoms with Gasteiger partial charge >= 0.3 is 6.18 Å². The third kappa shape index (κ3) is 5.33. The van der Waals surface area contributed by atoms with Crippen LogP contribution in [0.15, 0.2) is 42.5 Å². The Bertz CT molecular complexity index is 921. The van der Waals surface area contributed by atoms with Gasteiger partial charge in [0.2, 0.25) is 0 Å². The highest BCUT2D eigenvalue weighted by Gasteiger charge is 2.33. The number of carbonyl (C=O) groups is 2. The van der Waals surface area contributed by atoms with Gasteiger partial charge in [-0.1, -0.05) is 23.7 Å². The number of nitro benzene ring substituents is 1. The summed E-state index contributed by atoms with van der Waals surface area (Å²) >= 11 is 5.85. The maximum atomic E-state index is 12.7. The molecule has 2 rings (SSSR count). The Morgan fingerprint density at radius 2 is 1.82 bits per heavy atom. The molecule has 0 unspecified atom stereocenters. The van der Waals surface area contributed by atoms with Crippen molar-refractivity contribution in [2.75, 3.05) is 12.0 Å². The third-order valence-electron chi connectivity index (χ3n) is 3.39. The number of alkyl halides is 3. The van der Waals surface area contributed by atoms with Crippen molar-refractivity contribution in [3.8, 4) is 0 Å². The first-order chi connectivity index (χ1) is 13.1. The van der Waals surface area contributed by atoms with Crippen molar-refractivity contribution < 1.29 is 27.7 Å². The molecule has 0 atom stereocenters. The molecule has 0 aromatic heterocycles. The number of benzene rings is 2. The molecule has 2 amide bonds. The molecule has 3 N–H and O–H groups in total. The molecule has 8 nitrogen and oxygen atoms in total. The van der Waals surface area contributed by atoms with E-state index in [2.05, 4.69) is 16.2 Å². The number of halogens is 4. The fourth-order valence-corrected chi connectivity index (χ4v) is 2.27. The fourth-order valence-electron chi connectivity index (χ4n) is 2.05. The lowest BCUT2D eigenvalue weighted by Crippen LogP contribution is -2.39. The summed E-state index contributed by atoms with van der Waals surface area (Å²) in [6.07, 6.45) is -4.75. The summed E-state index contributed by atoms with van der Waals surface area (Å²) in [5.41, 5.74) is 1.91. The van der Waals surface area contributed by atoms with E-state index in [0.29, 0.717) is 12.1 Å². The van der Waals surface area contributed by atoms with E-state index in [1.165, 1.54) is 12.1 Å². The van der Waals surface area contributed by atoms with Crippen LogP contribution in [-0.2, 0) is 11.0 Å². The van der Waals surface area contributed by atoms with Gasteiger partial charge in [0.15, 0.2) is 0 Å². The molecule has 0 aliphatic heterocycles. The van der Waals surface area contributed by atoms with Gasteiger partial charge in [-0.05, 0) is 24.3 Å². The molecular weight excluding hydrogens is 405 g/mol. The number of rotatable bonds is 6. The highest BCUT2D eigenvalue weighted by molar-refractivity contribution is 6.33. The Kier molecular flexibility index (Phi) is 6.41. The van der Waals surface area contributed by atoms with Crippen LogP contribution in [0.1, 0.15) is 15.9 Å². The number of hydrogen-bond donors (Lipinski definition) is 3. The number of anilines is 1. The van der Waals surface area contributed by atoms with Crippen LogP contribution in [0.4, 0.5) is 24.5 Å². The van der Waals surface area contributed by atoms with Crippen LogP contribution >= 0.6 is 11.6 Å². The van der Waals surface area contributed by atoms with Crippen LogP contribution in [0.5, 0.6) is 0 Å². The maximum Gasteiger partial charge on any atom is 0.416 e. The van der Waals surface area contributed by atoms with E-state index >= 15 is 0 Å². The lowest BCUT2D eigenvalue weighted by atomic mass is 10.1. The molecule has 12 heteroatoms. The molecule has 0 aliphatic rings. The van der Waals surface area contributed by atoms with Gasteiger partial charge in [-0.2, -0.15) is 13.2 Å². The molecule has 0 saturated heterocycles. The summed E-state index contributed by atoms with van der Waals surface area (Å²) in [6.45, 7) is -0.508. The molecule has 0 fully saturated rings. The summed E-state index contributed by atoms with van der Waals surface area (Å²) in [7, 11) is 0. The normalized spacial score (nSPS) is 10.9. The predicted molar refractivity (Wildman–Crippen MR) is 93.6 cm³/mol. The number of hydrogen-bond acceptors (Lipinski definition) is 5. The van der Waals surface area contributed by atoms with Crippen LogP contribution in [0.2, 0.25) is 5.02 Å². The molecule has 0 heterocycles. The zero-order valence-corrected chi connectivity index (χ0v) is 14.6. The molecule has 0 aliphatic carbocycles. The second-order valence-corrected chi connectivity index (χ2v) is 5.73. The van der Waals surface area contributed by atoms with Gasteiger partial charge in [0.05, 0.1) is 27.6 Å². The number of nitrogens with one attached hydrogen (secondary N) is 3. The van der Waals surface area contributed by atoms with Crippen molar-refractivity contribution in [1.29, 1.82) is 0 Å². The average Bonchev–Trinajstić information content (AvgIpc) is 2.63. The monoisotopic (exact) mass is 416 g/mol. The van der Waals surface area contributed by atoms with Gasteiger partial charge in [0.1, 0.15) is 5.69 Å². The van der Waals surface area contributed by atoms with E-state index in [1.54, 1.807) is 12.1 Å². The predicted octanol–water partition coefficient (Wildman–Crippen LogP) is 3.14. The highest BCUT2D eigenvalue weighted by atomic mass is 35.5. The van der Waals surface area contributed by atoms with Gasteiger partial charge in [-0.15, -0.1) is 0 Å². The quantitative estimate of drug-likeness (QED) is 0.494. The lowest BCUT2D eigenvalue weighted by Gasteiger charge is -2.12. The maximum absolute atomic E-state index is 12.7. The topological polar surface area (TPSA) is 113 Å². The van der Waals surface area contributed by atoms with Crippen molar-refractivity contribution in [2.24, 2.45) is 0 Å². The average molecular weight is 417 g/mol. The molecule has 0 bridgehead atoms. The zero-order valence-electron chi connectivity index (χ0n) is 13.8. The Morgan fingerprint density at radius 1 is 1.14 bits per heavy atom. The Balaban J connectivity index is 1.98. The van der Waals surface area contributed by atoms with Crippen LogP contribution in [-0.4, -0.2) is 23.3 Å². The summed E-state index contributed by atoms with van der Waals surface area (Å²) in [5.74, 6) is -1.42. The van der Waals surface area contributed by atoms with E-state index in [0.717, 1.165) is 6.07 Å². The number of nitro groups is 1. The molecule has 148 valence electrons. The largest absolute Gasteiger partial charge is 0.416 e. The molecular formula is C16H12ClF3N4O4. The van der Waals surface area contributed by atoms with Crippen LogP contribution in [0.25, 0.3) is 0 Å². The first-order valence-corrected chi connectivity index (χ1v) is 7.90. The molecule has 28 heavy (non-hydrogen) atoms. The second kappa shape index (κ2) is 8.57. The Morgan fingerprint density at radius 3 is 2.43 bits per heavy atom. The van der Waals surface area contributed by atoms with E-state index in [9.17, 15) is 32.9 Å². The van der Waals surface area contributed by atoms with Crippen LogP contribution < -0.4 is 16.2 Å². The van der Waals surface area contributed by atoms with Crippen molar-refractivity contribution in [3.05, 3.63) is 68.7 Å². The zero-order chi connectivity index (χ0) is 20.9. The third-order valence-corrected chi connectivity index (χ3v) is 3.72. The minimum Gasteiger partial charge on any atom is -0.343 e. The molecule has 0 saturated carbocycles. The van der Waals surface area contributed by atoms with Crippen molar-refractivity contribution in [3.63, 3.8) is 0 Å². The number of hydrazine groups is 1. The minimum absolute atomic E-state index is 0.142. The molecule has 0 spiro atoms. The van der Waals surface area contributed by atoms with Crippen molar-refractivity contribution >= 4 is 34.8 Å². The first-order valence-electron chi connectivity index (χ1n) is 7.53. The molecule has 2 aromatic carbocycles. The lowest BCUT2D eigenvalue weighted by molar-refractivity contribution is -0.384. The Hall–Kier alpha value is -3.34. The highest BCUT2D eigenvalue weighted by Crippen LogP contribution is 2.34. The number of amides is 2. The van der Waals surface area contributed by atoms with Crippen molar-refractivity contribution in [2.45, 2.75) is 6.18 Å². The number of carbonyl (C=O) groups excluding carboxylic acids is 2. The van der Waals surface area contributed by atoms with Gasteiger partial charge < -0.3 is 5.32 Å². The fraction of sp³-hybridized carbons (Fsp3) is 0.125. The summed E-state index contributed by atoms with van der Waals surface area (Å²) < 4.78 is 38.0. The van der Waals surface area contributed by atoms with Gasteiger partial charge in [-0.3, -0.25) is 30.6 Å². The van der Waals surface area contributed by atoms with Crippen LogP contribution in [0.3, 0.4) is 0 Å². The van der Waals surface area contributed by atoms with E-state index in [1.807, 2.05) is 0 Å². The van der Waals surface area contributed by atoms with Crippen LogP contribution in [0, 0.1) is 10.1 Å². The van der Waals surface area contributed by atoms with Gasteiger partial charge in [0, 0.05) is 6.07 Å². The standard InChI is InChI=1S/C16H12ClF3N4O4/c17-11-4-2-1-3-10(11)15(26)21-8-14(25)23-22-12-6-5-9(16(18,19)20)7-13(12)24(27)28/h1-7,22H,8H2,(H,21,26)(H,23,25). The van der Waals surface area contributed by atoms with Crippen molar-refractivity contribution in [1.82, 2.24) is 10.7 Å². The SMILES string of the molecule is O=C(CNC(=O)c1ccccc1Cl)NNc1ccc(C(F)(F)F)cc1[N+](=O)[O-]. The molecule has 2 aromatic rings. The van der Waals surface area contributed by atoms with E-state index in [-0.39, 0.29) is 16.3 Å². The Labute approximate surface area is 160 Å². The van der Waals surface area contributed by atoms with E-state index in [4.69, 9.17) is 11.6 Å². The second-order valence-electron chi connectivity index (χ2n) is 5.32. The van der Waals surface area contributed by atoms with Gasteiger partial charge in [0.25, 0.3) is 17.5 Å². The van der Waals surface area contributed by atoms with E-state index < -0.39 is 40.7 Å². The smallest absolute Gasteiger partial charge is 0.343 e. The first kappa shape index (κ1) is 21.0. The summed E-state index contributed by atoms with van der Waals surface area (Å²) in [5, 5.41) is 13.4. The summed E-state index contributed by atoms with van der Waals surface area (Å²) in [4.78, 5) is 33.6. The minimum atomic E-state index is -4.75. The number of nitrogens with zero attached hydrogens (tertiary/aromatic N) is 1. The summed E-state index contributed by atoms with van der Waals surface area (Å²) in [6, 6.07) is 7.90. The molecule has 0 radical (unpaired) electrons. The van der Waals surface area contributed by atoms with Gasteiger partial charge in [-0.25, -0.2) is 0 Å².